The standard InChI is InChI=1S/C21H34FN3O4/c1-20(2,3)29-19(27)25-12-9-21(10-13-25)18(26)23-17(24-21)15-5-7-16(8-6-15)28-14-4-11-22/h15-16H,4-14H2,1-3H3,(H,23,24,26)/t15-,16+. The van der Waals surface area contributed by atoms with Gasteiger partial charge in [0.05, 0.1) is 12.8 Å². The van der Waals surface area contributed by atoms with E-state index in [9.17, 15) is 14.0 Å². The lowest BCUT2D eigenvalue weighted by Crippen LogP contribution is -2.51. The Labute approximate surface area is 172 Å². The van der Waals surface area contributed by atoms with Crippen LogP contribution >= 0.6 is 0 Å². The molecule has 1 saturated heterocycles. The second-order valence-electron chi connectivity index (χ2n) is 9.34. The molecule has 1 spiro atoms. The molecule has 164 valence electrons. The highest BCUT2D eigenvalue weighted by Crippen LogP contribution is 2.35. The summed E-state index contributed by atoms with van der Waals surface area (Å²) < 4.78 is 23.4. The van der Waals surface area contributed by atoms with Crippen molar-refractivity contribution >= 4 is 17.8 Å². The van der Waals surface area contributed by atoms with Crippen molar-refractivity contribution < 1.29 is 23.5 Å². The van der Waals surface area contributed by atoms with Crippen LogP contribution in [-0.4, -0.2) is 66.4 Å². The zero-order valence-corrected chi connectivity index (χ0v) is 17.8. The summed E-state index contributed by atoms with van der Waals surface area (Å²) in [5.41, 5.74) is -1.28. The molecule has 2 fully saturated rings. The molecule has 0 aromatic rings. The number of hydrogen-bond acceptors (Lipinski definition) is 5. The molecule has 3 aliphatic rings. The lowest BCUT2D eigenvalue weighted by atomic mass is 9.86. The number of alkyl halides is 1. The highest BCUT2D eigenvalue weighted by molar-refractivity contribution is 6.09. The van der Waals surface area contributed by atoms with Gasteiger partial charge in [0.15, 0.2) is 0 Å². The molecule has 0 aromatic carbocycles. The number of carbonyl (C=O) groups excluding carboxylic acids is 2. The fourth-order valence-electron chi connectivity index (χ4n) is 4.27. The van der Waals surface area contributed by atoms with Crippen molar-refractivity contribution in [3.05, 3.63) is 0 Å². The first kappa shape index (κ1) is 22.0. The highest BCUT2D eigenvalue weighted by Gasteiger charge is 2.48. The van der Waals surface area contributed by atoms with Gasteiger partial charge in [0, 0.05) is 25.6 Å². The average Bonchev–Trinajstić information content (AvgIpc) is 2.98. The minimum absolute atomic E-state index is 0.0438. The van der Waals surface area contributed by atoms with Gasteiger partial charge in [-0.1, -0.05) is 0 Å². The Bertz CT molecular complexity index is 630. The van der Waals surface area contributed by atoms with Gasteiger partial charge in [0.2, 0.25) is 0 Å². The van der Waals surface area contributed by atoms with Gasteiger partial charge in [-0.05, 0) is 65.7 Å². The lowest BCUT2D eigenvalue weighted by Gasteiger charge is -2.36. The molecule has 0 aromatic heterocycles. The number of carbonyl (C=O) groups is 2. The summed E-state index contributed by atoms with van der Waals surface area (Å²) in [6.07, 6.45) is 4.98. The van der Waals surface area contributed by atoms with Crippen LogP contribution in [0.2, 0.25) is 0 Å². The highest BCUT2D eigenvalue weighted by atomic mass is 19.1. The van der Waals surface area contributed by atoms with E-state index in [0.29, 0.717) is 39.0 Å². The first-order chi connectivity index (χ1) is 13.7. The average molecular weight is 412 g/mol. The van der Waals surface area contributed by atoms with Crippen LogP contribution in [0.1, 0.15) is 65.7 Å². The van der Waals surface area contributed by atoms with Crippen LogP contribution in [-0.2, 0) is 14.3 Å². The maximum absolute atomic E-state index is 12.7. The topological polar surface area (TPSA) is 80.2 Å². The first-order valence-corrected chi connectivity index (χ1v) is 10.8. The molecule has 2 aliphatic heterocycles. The molecule has 0 atom stereocenters. The van der Waals surface area contributed by atoms with Crippen molar-refractivity contribution in [2.45, 2.75) is 83.0 Å². The summed E-state index contributed by atoms with van der Waals surface area (Å²) in [7, 11) is 0. The molecule has 0 unspecified atom stereocenters. The molecule has 29 heavy (non-hydrogen) atoms. The number of hydrogen-bond donors (Lipinski definition) is 1. The zero-order chi connectivity index (χ0) is 21.1. The molecule has 7 nitrogen and oxygen atoms in total. The normalized spacial score (nSPS) is 27.0. The molecular weight excluding hydrogens is 377 g/mol. The summed E-state index contributed by atoms with van der Waals surface area (Å²) in [6.45, 7) is 6.60. The minimum Gasteiger partial charge on any atom is -0.444 e. The summed E-state index contributed by atoms with van der Waals surface area (Å²) in [5.74, 6) is 0.990. The minimum atomic E-state index is -0.748. The predicted molar refractivity (Wildman–Crippen MR) is 108 cm³/mol. The summed E-state index contributed by atoms with van der Waals surface area (Å²) in [5, 5.41) is 3.02. The smallest absolute Gasteiger partial charge is 0.410 e. The number of nitrogens with one attached hydrogen (secondary N) is 1. The monoisotopic (exact) mass is 411 g/mol. The van der Waals surface area contributed by atoms with Crippen LogP contribution in [0.4, 0.5) is 9.18 Å². The Morgan fingerprint density at radius 3 is 2.48 bits per heavy atom. The summed E-state index contributed by atoms with van der Waals surface area (Å²) in [4.78, 5) is 31.5. The molecule has 1 aliphatic carbocycles. The Kier molecular flexibility index (Phi) is 6.81. The Morgan fingerprint density at radius 2 is 1.90 bits per heavy atom. The lowest BCUT2D eigenvalue weighted by molar-refractivity contribution is -0.125. The quantitative estimate of drug-likeness (QED) is 0.705. The predicted octanol–water partition coefficient (Wildman–Crippen LogP) is 3.22. The van der Waals surface area contributed by atoms with Gasteiger partial charge in [0.1, 0.15) is 17.0 Å². The van der Waals surface area contributed by atoms with Crippen LogP contribution in [0.5, 0.6) is 0 Å². The fraction of sp³-hybridized carbons (Fsp3) is 0.857. The van der Waals surface area contributed by atoms with Gasteiger partial charge < -0.3 is 19.7 Å². The van der Waals surface area contributed by atoms with Crippen LogP contribution in [0, 0.1) is 5.92 Å². The SMILES string of the molecule is CC(C)(C)OC(=O)N1CCC2(CC1)N=C([C@H]1CC[C@@H](OCCCF)CC1)NC2=O. The van der Waals surface area contributed by atoms with Crippen LogP contribution in [0.25, 0.3) is 0 Å². The second kappa shape index (κ2) is 8.98. The Hall–Kier alpha value is -1.70. The fourth-order valence-corrected chi connectivity index (χ4v) is 4.27. The van der Waals surface area contributed by atoms with Crippen molar-refractivity contribution in [1.29, 1.82) is 0 Å². The van der Waals surface area contributed by atoms with Crippen molar-refractivity contribution in [3.8, 4) is 0 Å². The van der Waals surface area contributed by atoms with Crippen LogP contribution in [0.15, 0.2) is 4.99 Å². The molecular formula is C21H34FN3O4. The number of piperidine rings is 1. The number of aliphatic imine (C=N–C) groups is 1. The number of halogens is 1. The van der Waals surface area contributed by atoms with Crippen molar-refractivity contribution in [2.75, 3.05) is 26.4 Å². The number of amides is 2. The maximum Gasteiger partial charge on any atom is 0.410 e. The molecule has 2 amide bonds. The number of rotatable bonds is 5. The first-order valence-electron chi connectivity index (χ1n) is 10.8. The number of amidine groups is 1. The Balaban J connectivity index is 1.52. The third-order valence-electron chi connectivity index (χ3n) is 5.93. The number of nitrogens with zero attached hydrogens (tertiary/aromatic N) is 2. The third kappa shape index (κ3) is 5.47. The molecule has 1 N–H and O–H groups in total. The molecule has 2 heterocycles. The van der Waals surface area contributed by atoms with E-state index in [1.165, 1.54) is 0 Å². The van der Waals surface area contributed by atoms with E-state index in [4.69, 9.17) is 14.5 Å². The van der Waals surface area contributed by atoms with Gasteiger partial charge >= 0.3 is 6.09 Å². The van der Waals surface area contributed by atoms with E-state index < -0.39 is 11.1 Å². The third-order valence-corrected chi connectivity index (χ3v) is 5.93. The van der Waals surface area contributed by atoms with Crippen molar-refractivity contribution in [1.82, 2.24) is 10.2 Å². The molecule has 0 bridgehead atoms. The van der Waals surface area contributed by atoms with E-state index in [1.54, 1.807) is 4.90 Å². The molecule has 0 radical (unpaired) electrons. The van der Waals surface area contributed by atoms with E-state index in [1.807, 2.05) is 20.8 Å². The van der Waals surface area contributed by atoms with E-state index >= 15 is 0 Å². The van der Waals surface area contributed by atoms with Gasteiger partial charge in [0.25, 0.3) is 5.91 Å². The summed E-state index contributed by atoms with van der Waals surface area (Å²) in [6, 6.07) is 0. The van der Waals surface area contributed by atoms with Crippen LogP contribution < -0.4 is 5.32 Å². The van der Waals surface area contributed by atoms with Gasteiger partial charge in [-0.3, -0.25) is 14.2 Å². The molecule has 1 saturated carbocycles. The molecule has 8 heteroatoms. The van der Waals surface area contributed by atoms with E-state index in [0.717, 1.165) is 31.5 Å². The Morgan fingerprint density at radius 1 is 1.24 bits per heavy atom. The summed E-state index contributed by atoms with van der Waals surface area (Å²) >= 11 is 0. The van der Waals surface area contributed by atoms with E-state index in [2.05, 4.69) is 5.32 Å². The van der Waals surface area contributed by atoms with Gasteiger partial charge in [-0.2, -0.15) is 0 Å². The number of ether oxygens (including phenoxy) is 2. The van der Waals surface area contributed by atoms with Gasteiger partial charge in [-0.15, -0.1) is 0 Å². The largest absolute Gasteiger partial charge is 0.444 e. The second-order valence-corrected chi connectivity index (χ2v) is 9.34. The maximum atomic E-state index is 12.7. The van der Waals surface area contributed by atoms with E-state index in [-0.39, 0.29) is 30.7 Å². The van der Waals surface area contributed by atoms with Gasteiger partial charge in [-0.25, -0.2) is 4.79 Å². The molecule has 3 rings (SSSR count). The van der Waals surface area contributed by atoms with Crippen molar-refractivity contribution in [3.63, 3.8) is 0 Å². The number of likely N-dealkylation sites (tertiary alicyclic amines) is 1. The van der Waals surface area contributed by atoms with Crippen LogP contribution in [0.3, 0.4) is 0 Å². The zero-order valence-electron chi connectivity index (χ0n) is 17.8. The van der Waals surface area contributed by atoms with Crippen molar-refractivity contribution in [2.24, 2.45) is 10.9 Å².